The van der Waals surface area contributed by atoms with Crippen molar-refractivity contribution < 1.29 is 9.13 Å². The van der Waals surface area contributed by atoms with E-state index in [9.17, 15) is 4.39 Å². The second-order valence-corrected chi connectivity index (χ2v) is 5.65. The minimum atomic E-state index is -0.265. The van der Waals surface area contributed by atoms with Crippen molar-refractivity contribution in [3.63, 3.8) is 0 Å². The highest BCUT2D eigenvalue weighted by molar-refractivity contribution is 5.76. The second-order valence-electron chi connectivity index (χ2n) is 5.65. The summed E-state index contributed by atoms with van der Waals surface area (Å²) in [6, 6.07) is 10.7. The first-order valence-electron chi connectivity index (χ1n) is 7.66. The third-order valence-corrected chi connectivity index (χ3v) is 4.04. The molecule has 0 spiro atoms. The van der Waals surface area contributed by atoms with Crippen molar-refractivity contribution in [2.75, 3.05) is 13.2 Å². The quantitative estimate of drug-likeness (QED) is 0.804. The molecule has 0 bridgehead atoms. The van der Waals surface area contributed by atoms with E-state index in [0.717, 1.165) is 23.6 Å². The lowest BCUT2D eigenvalue weighted by Crippen LogP contribution is -2.32. The van der Waals surface area contributed by atoms with Gasteiger partial charge in [0.05, 0.1) is 29.4 Å². The number of halogens is 1. The number of nitrogens with zero attached hydrogens (tertiary/aromatic N) is 3. The number of nitrogens with one attached hydrogen (secondary N) is 1. The Morgan fingerprint density at radius 1 is 1.30 bits per heavy atom. The molecule has 0 amide bonds. The van der Waals surface area contributed by atoms with E-state index in [4.69, 9.17) is 4.74 Å². The normalized spacial score (nSPS) is 17.3. The molecule has 1 atom stereocenters. The summed E-state index contributed by atoms with van der Waals surface area (Å²) >= 11 is 0. The minimum Gasteiger partial charge on any atom is -0.371 e. The standard InChI is InChI=1S/C17H17FN4O/c18-12-4-5-16-15(7-12)21-17-11-23-10-14(22(16)17)9-19-8-13-3-1-2-6-20-13/h1-7,14,19H,8-11H2/t14-/m0/s1. The summed E-state index contributed by atoms with van der Waals surface area (Å²) in [5, 5.41) is 3.41. The number of pyridine rings is 1. The van der Waals surface area contributed by atoms with E-state index in [1.54, 1.807) is 12.3 Å². The van der Waals surface area contributed by atoms with Gasteiger partial charge in [0.25, 0.3) is 0 Å². The fraction of sp³-hybridized carbons (Fsp3) is 0.294. The number of hydrogen-bond acceptors (Lipinski definition) is 4. The zero-order valence-electron chi connectivity index (χ0n) is 12.6. The number of aromatic nitrogens is 3. The van der Waals surface area contributed by atoms with Crippen LogP contribution in [0.4, 0.5) is 4.39 Å². The minimum absolute atomic E-state index is 0.137. The highest BCUT2D eigenvalue weighted by Gasteiger charge is 2.23. The van der Waals surface area contributed by atoms with Crippen LogP contribution < -0.4 is 5.32 Å². The van der Waals surface area contributed by atoms with Crippen LogP contribution in [0.3, 0.4) is 0 Å². The first-order valence-corrected chi connectivity index (χ1v) is 7.66. The van der Waals surface area contributed by atoms with Gasteiger partial charge >= 0.3 is 0 Å². The smallest absolute Gasteiger partial charge is 0.136 e. The predicted octanol–water partition coefficient (Wildman–Crippen LogP) is 2.43. The Hall–Kier alpha value is -2.31. The van der Waals surface area contributed by atoms with Crippen molar-refractivity contribution in [1.82, 2.24) is 19.9 Å². The van der Waals surface area contributed by atoms with Crippen LogP contribution in [0.5, 0.6) is 0 Å². The molecule has 0 unspecified atom stereocenters. The van der Waals surface area contributed by atoms with Gasteiger partial charge < -0.3 is 14.6 Å². The number of rotatable bonds is 4. The monoisotopic (exact) mass is 312 g/mol. The van der Waals surface area contributed by atoms with Crippen molar-refractivity contribution in [2.45, 2.75) is 19.2 Å². The molecule has 0 saturated heterocycles. The Balaban J connectivity index is 1.54. The zero-order chi connectivity index (χ0) is 15.6. The second kappa shape index (κ2) is 6.06. The topological polar surface area (TPSA) is 52.0 Å². The third-order valence-electron chi connectivity index (χ3n) is 4.04. The summed E-state index contributed by atoms with van der Waals surface area (Å²) in [5.41, 5.74) is 2.64. The summed E-state index contributed by atoms with van der Waals surface area (Å²) < 4.78 is 21.2. The molecule has 1 aliphatic heterocycles. The van der Waals surface area contributed by atoms with Gasteiger partial charge in [-0.3, -0.25) is 4.98 Å². The van der Waals surface area contributed by atoms with Crippen molar-refractivity contribution in [1.29, 1.82) is 0 Å². The largest absolute Gasteiger partial charge is 0.371 e. The number of benzene rings is 1. The number of ether oxygens (including phenoxy) is 1. The van der Waals surface area contributed by atoms with Gasteiger partial charge in [-0.15, -0.1) is 0 Å². The van der Waals surface area contributed by atoms with Gasteiger partial charge in [0.2, 0.25) is 0 Å². The Kier molecular flexibility index (Phi) is 3.77. The van der Waals surface area contributed by atoms with E-state index in [1.807, 2.05) is 18.2 Å². The maximum Gasteiger partial charge on any atom is 0.136 e. The fourth-order valence-electron chi connectivity index (χ4n) is 3.01. The molecule has 1 aliphatic rings. The van der Waals surface area contributed by atoms with Gasteiger partial charge in [0.1, 0.15) is 18.2 Å². The van der Waals surface area contributed by atoms with Gasteiger partial charge in [0.15, 0.2) is 0 Å². The molecule has 1 N–H and O–H groups in total. The molecule has 0 saturated carbocycles. The molecule has 118 valence electrons. The predicted molar refractivity (Wildman–Crippen MR) is 84.3 cm³/mol. The van der Waals surface area contributed by atoms with E-state index < -0.39 is 0 Å². The van der Waals surface area contributed by atoms with Crippen LogP contribution in [-0.4, -0.2) is 27.7 Å². The van der Waals surface area contributed by atoms with Crippen LogP contribution in [-0.2, 0) is 17.9 Å². The van der Waals surface area contributed by atoms with E-state index in [2.05, 4.69) is 19.9 Å². The number of fused-ring (bicyclic) bond motifs is 3. The Morgan fingerprint density at radius 3 is 3.13 bits per heavy atom. The van der Waals surface area contributed by atoms with Crippen molar-refractivity contribution in [3.05, 3.63) is 59.9 Å². The fourth-order valence-corrected chi connectivity index (χ4v) is 3.01. The van der Waals surface area contributed by atoms with Crippen molar-refractivity contribution in [3.8, 4) is 0 Å². The van der Waals surface area contributed by atoms with Gasteiger partial charge in [-0.25, -0.2) is 9.37 Å². The molecule has 4 rings (SSSR count). The summed E-state index contributed by atoms with van der Waals surface area (Å²) in [6.07, 6.45) is 1.79. The molecular formula is C17H17FN4O. The lowest BCUT2D eigenvalue weighted by molar-refractivity contribution is 0.0564. The van der Waals surface area contributed by atoms with Gasteiger partial charge in [-0.2, -0.15) is 0 Å². The molecule has 3 aromatic rings. The molecule has 3 heterocycles. The van der Waals surface area contributed by atoms with Crippen LogP contribution in [0.2, 0.25) is 0 Å². The highest BCUT2D eigenvalue weighted by atomic mass is 19.1. The summed E-state index contributed by atoms with van der Waals surface area (Å²) in [7, 11) is 0. The van der Waals surface area contributed by atoms with Crippen molar-refractivity contribution >= 4 is 11.0 Å². The average Bonchev–Trinajstić information content (AvgIpc) is 2.94. The van der Waals surface area contributed by atoms with E-state index in [1.165, 1.54) is 12.1 Å². The van der Waals surface area contributed by atoms with Crippen LogP contribution in [0.15, 0.2) is 42.6 Å². The average molecular weight is 312 g/mol. The summed E-state index contributed by atoms with van der Waals surface area (Å²) in [5.74, 6) is 0.583. The molecule has 23 heavy (non-hydrogen) atoms. The molecule has 5 nitrogen and oxygen atoms in total. The molecular weight excluding hydrogens is 295 g/mol. The molecule has 0 aliphatic carbocycles. The molecule has 0 radical (unpaired) electrons. The molecule has 0 fully saturated rings. The van der Waals surface area contributed by atoms with Gasteiger partial charge in [0, 0.05) is 25.4 Å². The summed E-state index contributed by atoms with van der Waals surface area (Å²) in [6.45, 7) is 2.53. The molecule has 6 heteroatoms. The first kappa shape index (κ1) is 14.3. The van der Waals surface area contributed by atoms with Gasteiger partial charge in [-0.1, -0.05) is 6.07 Å². The maximum absolute atomic E-state index is 13.4. The lowest BCUT2D eigenvalue weighted by Gasteiger charge is -2.26. The summed E-state index contributed by atoms with van der Waals surface area (Å²) in [4.78, 5) is 8.79. The number of imidazole rings is 1. The molecule has 1 aromatic carbocycles. The van der Waals surface area contributed by atoms with Crippen LogP contribution in [0.1, 0.15) is 17.6 Å². The number of hydrogen-bond donors (Lipinski definition) is 1. The SMILES string of the molecule is Fc1ccc2c(c1)nc1n2[C@@H](CNCc2ccccn2)COC1. The zero-order valence-corrected chi connectivity index (χ0v) is 12.6. The lowest BCUT2D eigenvalue weighted by atomic mass is 10.2. The third kappa shape index (κ3) is 2.83. The first-order chi connectivity index (χ1) is 11.3. The Morgan fingerprint density at radius 2 is 2.26 bits per heavy atom. The van der Waals surface area contributed by atoms with Crippen LogP contribution in [0, 0.1) is 5.82 Å². The highest BCUT2D eigenvalue weighted by Crippen LogP contribution is 2.26. The Bertz CT molecular complexity index is 818. The van der Waals surface area contributed by atoms with E-state index in [0.29, 0.717) is 25.3 Å². The van der Waals surface area contributed by atoms with Gasteiger partial charge in [-0.05, 0) is 24.3 Å². The van der Waals surface area contributed by atoms with E-state index >= 15 is 0 Å². The Labute approximate surface area is 133 Å². The van der Waals surface area contributed by atoms with Crippen molar-refractivity contribution in [2.24, 2.45) is 0 Å². The van der Waals surface area contributed by atoms with Crippen LogP contribution >= 0.6 is 0 Å². The molecule has 2 aromatic heterocycles. The van der Waals surface area contributed by atoms with E-state index in [-0.39, 0.29) is 11.9 Å². The van der Waals surface area contributed by atoms with Crippen LogP contribution in [0.25, 0.3) is 11.0 Å². The maximum atomic E-state index is 13.4.